The highest BCUT2D eigenvalue weighted by Gasteiger charge is 2.24. The molecular weight excluding hydrogens is 250 g/mol. The average molecular weight is 269 g/mol. The van der Waals surface area contributed by atoms with E-state index in [0.717, 1.165) is 28.9 Å². The maximum absolute atomic E-state index is 4.63. The van der Waals surface area contributed by atoms with Gasteiger partial charge in [0, 0.05) is 23.9 Å². The van der Waals surface area contributed by atoms with Gasteiger partial charge in [-0.15, -0.1) is 11.3 Å². The van der Waals surface area contributed by atoms with Crippen molar-refractivity contribution in [2.75, 3.05) is 12.3 Å². The second kappa shape index (κ2) is 5.40. The van der Waals surface area contributed by atoms with Crippen LogP contribution in [0.1, 0.15) is 38.2 Å². The highest BCUT2D eigenvalue weighted by Crippen LogP contribution is 2.28. The summed E-state index contributed by atoms with van der Waals surface area (Å²) < 4.78 is 0. The molecule has 0 spiro atoms. The molecule has 17 heavy (non-hydrogen) atoms. The van der Waals surface area contributed by atoms with Crippen molar-refractivity contribution in [1.82, 2.24) is 10.3 Å². The van der Waals surface area contributed by atoms with Crippen LogP contribution in [0.2, 0.25) is 0 Å². The minimum Gasteiger partial charge on any atom is -0.356 e. The van der Waals surface area contributed by atoms with E-state index in [2.05, 4.69) is 36.1 Å². The van der Waals surface area contributed by atoms with Gasteiger partial charge in [-0.05, 0) is 11.8 Å². The lowest BCUT2D eigenvalue weighted by molar-refractivity contribution is 0.435. The molecule has 94 valence electrons. The molecule has 5 heteroatoms. The third-order valence-electron chi connectivity index (χ3n) is 2.71. The van der Waals surface area contributed by atoms with Crippen LogP contribution >= 0.6 is 23.1 Å². The SMILES string of the molecule is CCC(NC1=NCC(C)(C)CS1)c1nccs1. The molecule has 1 aromatic heterocycles. The van der Waals surface area contributed by atoms with Gasteiger partial charge in [0.2, 0.25) is 0 Å². The third-order valence-corrected chi connectivity index (χ3v) is 5.04. The van der Waals surface area contributed by atoms with Crippen LogP contribution in [0, 0.1) is 5.41 Å². The lowest BCUT2D eigenvalue weighted by Gasteiger charge is -2.28. The fraction of sp³-hybridized carbons (Fsp3) is 0.667. The Morgan fingerprint density at radius 3 is 2.88 bits per heavy atom. The van der Waals surface area contributed by atoms with Crippen molar-refractivity contribution in [1.29, 1.82) is 0 Å². The number of nitrogens with one attached hydrogen (secondary N) is 1. The van der Waals surface area contributed by atoms with Crippen LogP contribution in [0.4, 0.5) is 0 Å². The summed E-state index contributed by atoms with van der Waals surface area (Å²) in [7, 11) is 0. The van der Waals surface area contributed by atoms with Crippen molar-refractivity contribution in [2.45, 2.75) is 33.2 Å². The highest BCUT2D eigenvalue weighted by atomic mass is 32.2. The number of aromatic nitrogens is 1. The van der Waals surface area contributed by atoms with Crippen LogP contribution < -0.4 is 5.32 Å². The van der Waals surface area contributed by atoms with E-state index < -0.39 is 0 Å². The quantitative estimate of drug-likeness (QED) is 0.914. The molecule has 0 saturated carbocycles. The number of amidine groups is 1. The summed E-state index contributed by atoms with van der Waals surface area (Å²) >= 11 is 3.53. The van der Waals surface area contributed by atoms with Gasteiger partial charge in [-0.25, -0.2) is 4.98 Å². The smallest absolute Gasteiger partial charge is 0.157 e. The Balaban J connectivity index is 1.99. The Hall–Kier alpha value is -0.550. The molecule has 1 unspecified atom stereocenters. The van der Waals surface area contributed by atoms with Crippen LogP contribution in [0.3, 0.4) is 0 Å². The van der Waals surface area contributed by atoms with Crippen molar-refractivity contribution in [3.63, 3.8) is 0 Å². The minimum absolute atomic E-state index is 0.308. The standard InChI is InChI=1S/C12H19N3S2/c1-4-9(10-13-5-6-16-10)15-11-14-7-12(2,3)8-17-11/h5-6,9H,4,7-8H2,1-3H3,(H,14,15). The Kier molecular flexibility index (Phi) is 4.09. The molecule has 1 N–H and O–H groups in total. The molecule has 1 atom stereocenters. The fourth-order valence-electron chi connectivity index (χ4n) is 1.62. The summed E-state index contributed by atoms with van der Waals surface area (Å²) in [5, 5.41) is 7.76. The number of aliphatic imine (C=N–C) groups is 1. The van der Waals surface area contributed by atoms with E-state index in [1.165, 1.54) is 0 Å². The topological polar surface area (TPSA) is 37.3 Å². The minimum atomic E-state index is 0.308. The van der Waals surface area contributed by atoms with Crippen molar-refractivity contribution < 1.29 is 0 Å². The van der Waals surface area contributed by atoms with E-state index in [9.17, 15) is 0 Å². The summed E-state index contributed by atoms with van der Waals surface area (Å²) in [6.45, 7) is 7.62. The molecule has 1 aliphatic heterocycles. The Morgan fingerprint density at radius 2 is 2.35 bits per heavy atom. The largest absolute Gasteiger partial charge is 0.356 e. The maximum atomic E-state index is 4.63. The second-order valence-electron chi connectivity index (χ2n) is 5.05. The summed E-state index contributed by atoms with van der Waals surface area (Å²) in [6.07, 6.45) is 2.90. The van der Waals surface area contributed by atoms with Crippen molar-refractivity contribution in [2.24, 2.45) is 10.4 Å². The van der Waals surface area contributed by atoms with Crippen molar-refractivity contribution in [3.8, 4) is 0 Å². The second-order valence-corrected chi connectivity index (χ2v) is 6.94. The molecule has 0 radical (unpaired) electrons. The molecule has 1 aliphatic rings. The first kappa shape index (κ1) is 12.9. The lowest BCUT2D eigenvalue weighted by Crippen LogP contribution is -2.33. The van der Waals surface area contributed by atoms with Gasteiger partial charge in [0.1, 0.15) is 5.01 Å². The number of rotatable bonds is 3. The zero-order chi connectivity index (χ0) is 12.3. The van der Waals surface area contributed by atoms with Gasteiger partial charge in [0.25, 0.3) is 0 Å². The number of nitrogens with zero attached hydrogens (tertiary/aromatic N) is 2. The van der Waals surface area contributed by atoms with E-state index in [1.807, 2.05) is 23.3 Å². The Morgan fingerprint density at radius 1 is 1.53 bits per heavy atom. The van der Waals surface area contributed by atoms with Crippen molar-refractivity contribution in [3.05, 3.63) is 16.6 Å². The van der Waals surface area contributed by atoms with Gasteiger partial charge in [0.15, 0.2) is 5.17 Å². The van der Waals surface area contributed by atoms with Gasteiger partial charge >= 0.3 is 0 Å². The predicted molar refractivity (Wildman–Crippen MR) is 76.8 cm³/mol. The van der Waals surface area contributed by atoms with Crippen LogP contribution in [0.15, 0.2) is 16.6 Å². The molecule has 0 saturated heterocycles. The van der Waals surface area contributed by atoms with E-state index in [1.54, 1.807) is 11.3 Å². The van der Waals surface area contributed by atoms with Gasteiger partial charge in [-0.1, -0.05) is 32.5 Å². The fourth-order valence-corrected chi connectivity index (χ4v) is 3.40. The molecule has 0 amide bonds. The summed E-state index contributed by atoms with van der Waals surface area (Å²) in [6, 6.07) is 0.308. The molecule has 2 rings (SSSR count). The van der Waals surface area contributed by atoms with E-state index >= 15 is 0 Å². The van der Waals surface area contributed by atoms with Crippen LogP contribution in [0.5, 0.6) is 0 Å². The Labute approximate surface area is 111 Å². The van der Waals surface area contributed by atoms with Crippen molar-refractivity contribution >= 4 is 28.3 Å². The maximum Gasteiger partial charge on any atom is 0.157 e. The average Bonchev–Trinajstić information content (AvgIpc) is 2.81. The van der Waals surface area contributed by atoms with Crippen LogP contribution in [0.25, 0.3) is 0 Å². The summed E-state index contributed by atoms with van der Waals surface area (Å²) in [5.41, 5.74) is 0.332. The zero-order valence-electron chi connectivity index (χ0n) is 10.6. The molecule has 2 heterocycles. The van der Waals surface area contributed by atoms with Gasteiger partial charge < -0.3 is 5.32 Å². The Bertz CT molecular complexity index is 384. The van der Waals surface area contributed by atoms with E-state index in [4.69, 9.17) is 0 Å². The summed E-state index contributed by atoms with van der Waals surface area (Å²) in [5.74, 6) is 1.13. The number of hydrogen-bond acceptors (Lipinski definition) is 5. The van der Waals surface area contributed by atoms with E-state index in [0.29, 0.717) is 11.5 Å². The highest BCUT2D eigenvalue weighted by molar-refractivity contribution is 8.13. The zero-order valence-corrected chi connectivity index (χ0v) is 12.2. The van der Waals surface area contributed by atoms with Crippen LogP contribution in [-0.4, -0.2) is 22.4 Å². The number of hydrogen-bond donors (Lipinski definition) is 1. The normalized spacial score (nSPS) is 20.8. The first-order valence-corrected chi connectivity index (χ1v) is 7.80. The molecule has 0 aliphatic carbocycles. The molecule has 0 aromatic carbocycles. The van der Waals surface area contributed by atoms with E-state index in [-0.39, 0.29) is 0 Å². The number of thioether (sulfide) groups is 1. The first-order valence-electron chi connectivity index (χ1n) is 5.94. The number of thiazole rings is 1. The third kappa shape index (κ3) is 3.45. The van der Waals surface area contributed by atoms with Gasteiger partial charge in [0.05, 0.1) is 6.04 Å². The summed E-state index contributed by atoms with van der Waals surface area (Å²) in [4.78, 5) is 9.00. The molecule has 0 bridgehead atoms. The monoisotopic (exact) mass is 269 g/mol. The predicted octanol–water partition coefficient (Wildman–Crippen LogP) is 3.31. The first-order chi connectivity index (χ1) is 8.11. The van der Waals surface area contributed by atoms with Gasteiger partial charge in [-0.3, -0.25) is 4.99 Å². The van der Waals surface area contributed by atoms with Gasteiger partial charge in [-0.2, -0.15) is 0 Å². The lowest BCUT2D eigenvalue weighted by atomic mass is 9.97. The molecular formula is C12H19N3S2. The molecule has 1 aromatic rings. The molecule has 3 nitrogen and oxygen atoms in total. The van der Waals surface area contributed by atoms with Crippen LogP contribution in [-0.2, 0) is 0 Å². The molecule has 0 fully saturated rings.